The molecule has 0 aliphatic heterocycles. The van der Waals surface area contributed by atoms with Crippen LogP contribution in [0.4, 0.5) is 14.6 Å². The van der Waals surface area contributed by atoms with Crippen LogP contribution < -0.4 is 0 Å². The molecule has 3 aromatic rings. The van der Waals surface area contributed by atoms with Crippen LogP contribution in [0.2, 0.25) is 0 Å². The van der Waals surface area contributed by atoms with Crippen molar-refractivity contribution >= 4 is 17.4 Å². The molecule has 0 amide bonds. The molecule has 0 atom stereocenters. The van der Waals surface area contributed by atoms with Crippen molar-refractivity contribution in [3.05, 3.63) is 58.6 Å². The lowest BCUT2D eigenvalue weighted by molar-refractivity contribution is 0.0698. The molecule has 2 aromatic heterocycles. The van der Waals surface area contributed by atoms with Crippen LogP contribution in [-0.4, -0.2) is 20.5 Å². The van der Waals surface area contributed by atoms with Gasteiger partial charge in [-0.25, -0.2) is 18.6 Å². The van der Waals surface area contributed by atoms with Gasteiger partial charge in [-0.2, -0.15) is 0 Å². The van der Waals surface area contributed by atoms with E-state index in [0.717, 1.165) is 12.1 Å². The topological polar surface area (TPSA) is 84.0 Å². The summed E-state index contributed by atoms with van der Waals surface area (Å²) >= 11 is 0. The van der Waals surface area contributed by atoms with Gasteiger partial charge in [0.25, 0.3) is 0 Å². The number of pyridine rings is 1. The predicted octanol–water partition coefficient (Wildman–Crippen LogP) is 3.38. The minimum atomic E-state index is -1.23. The number of carbonyl (C=O) groups is 1. The number of nitroso groups, excluding NO2 is 1. The van der Waals surface area contributed by atoms with Crippen molar-refractivity contribution in [2.45, 2.75) is 0 Å². The van der Waals surface area contributed by atoms with Crippen molar-refractivity contribution in [1.82, 2.24) is 9.38 Å². The Bertz CT molecular complexity index is 921. The van der Waals surface area contributed by atoms with E-state index in [2.05, 4.69) is 10.2 Å². The zero-order valence-electron chi connectivity index (χ0n) is 10.8. The van der Waals surface area contributed by atoms with Crippen LogP contribution in [-0.2, 0) is 0 Å². The van der Waals surface area contributed by atoms with E-state index in [9.17, 15) is 18.5 Å². The summed E-state index contributed by atoms with van der Waals surface area (Å²) in [4.78, 5) is 26.3. The van der Waals surface area contributed by atoms with Gasteiger partial charge in [0.2, 0.25) is 5.82 Å². The van der Waals surface area contributed by atoms with E-state index in [1.165, 1.54) is 28.8 Å². The summed E-state index contributed by atoms with van der Waals surface area (Å²) in [6.45, 7) is 0. The molecule has 1 aromatic carbocycles. The first-order valence-electron chi connectivity index (χ1n) is 6.06. The number of carboxylic acid groups (broad SMARTS) is 1. The predicted molar refractivity (Wildman–Crippen MR) is 73.0 cm³/mol. The maximum atomic E-state index is 13.4. The van der Waals surface area contributed by atoms with Gasteiger partial charge in [-0.1, -0.05) is 0 Å². The van der Waals surface area contributed by atoms with Gasteiger partial charge in [0.15, 0.2) is 17.3 Å². The minimum Gasteiger partial charge on any atom is -0.478 e. The Hall–Kier alpha value is -3.16. The number of fused-ring (bicyclic) bond motifs is 1. The number of hydrogen-bond donors (Lipinski definition) is 1. The number of hydrogen-bond acceptors (Lipinski definition) is 4. The highest BCUT2D eigenvalue weighted by atomic mass is 19.2. The van der Waals surface area contributed by atoms with Crippen molar-refractivity contribution in [3.63, 3.8) is 0 Å². The van der Waals surface area contributed by atoms with Gasteiger partial charge < -0.3 is 5.11 Å². The molecule has 0 spiro atoms. The quantitative estimate of drug-likeness (QED) is 0.752. The lowest BCUT2D eigenvalue weighted by Crippen LogP contribution is -1.99. The van der Waals surface area contributed by atoms with Gasteiger partial charge in [-0.15, -0.1) is 4.91 Å². The van der Waals surface area contributed by atoms with E-state index >= 15 is 0 Å². The third-order valence-corrected chi connectivity index (χ3v) is 3.13. The molecule has 0 aliphatic rings. The number of nitrogens with zero attached hydrogens (tertiary/aromatic N) is 3. The van der Waals surface area contributed by atoms with Crippen molar-refractivity contribution in [3.8, 4) is 11.3 Å². The Balaban J connectivity index is 2.34. The van der Waals surface area contributed by atoms with E-state index in [0.29, 0.717) is 0 Å². The number of aromatic carboxylic acids is 1. The summed E-state index contributed by atoms with van der Waals surface area (Å²) in [5, 5.41) is 12.0. The summed E-state index contributed by atoms with van der Waals surface area (Å²) in [7, 11) is 0. The largest absolute Gasteiger partial charge is 0.478 e. The van der Waals surface area contributed by atoms with Crippen LogP contribution in [0.1, 0.15) is 10.4 Å². The van der Waals surface area contributed by atoms with Crippen LogP contribution in [0.5, 0.6) is 0 Å². The Kier molecular flexibility index (Phi) is 3.13. The van der Waals surface area contributed by atoms with E-state index < -0.39 is 17.6 Å². The van der Waals surface area contributed by atoms with E-state index in [1.54, 1.807) is 0 Å². The molecule has 0 radical (unpaired) electrons. The highest BCUT2D eigenvalue weighted by molar-refractivity contribution is 5.95. The first-order valence-corrected chi connectivity index (χ1v) is 6.06. The SMILES string of the molecule is O=Nc1c(-c2ccc(F)c(F)c2)nc2c(C(=O)O)cccn12. The van der Waals surface area contributed by atoms with Crippen LogP contribution >= 0.6 is 0 Å². The molecule has 0 unspecified atom stereocenters. The number of carboxylic acids is 1. The molecule has 3 rings (SSSR count). The third-order valence-electron chi connectivity index (χ3n) is 3.13. The molecule has 6 nitrogen and oxygen atoms in total. The summed E-state index contributed by atoms with van der Waals surface area (Å²) < 4.78 is 27.5. The van der Waals surface area contributed by atoms with Crippen LogP contribution in [0.15, 0.2) is 41.7 Å². The number of imidazole rings is 1. The van der Waals surface area contributed by atoms with Gasteiger partial charge in [-0.3, -0.25) is 4.40 Å². The molecule has 2 heterocycles. The molecule has 0 saturated carbocycles. The molecule has 0 aliphatic carbocycles. The lowest BCUT2D eigenvalue weighted by Gasteiger charge is -1.99. The summed E-state index contributed by atoms with van der Waals surface area (Å²) in [6, 6.07) is 5.72. The Morgan fingerprint density at radius 1 is 1.23 bits per heavy atom. The molecule has 0 bridgehead atoms. The highest BCUT2D eigenvalue weighted by Crippen LogP contribution is 2.32. The summed E-state index contributed by atoms with van der Waals surface area (Å²) in [5.74, 6) is -3.57. The number of rotatable bonds is 3. The van der Waals surface area contributed by atoms with Crippen LogP contribution in [0.25, 0.3) is 16.9 Å². The Morgan fingerprint density at radius 2 is 2.00 bits per heavy atom. The first-order chi connectivity index (χ1) is 10.5. The lowest BCUT2D eigenvalue weighted by atomic mass is 10.1. The maximum Gasteiger partial charge on any atom is 0.339 e. The minimum absolute atomic E-state index is 0.00988. The maximum absolute atomic E-state index is 13.4. The average molecular weight is 303 g/mol. The molecular formula is C14H7F2N3O3. The second-order valence-corrected chi connectivity index (χ2v) is 4.42. The number of benzene rings is 1. The zero-order chi connectivity index (χ0) is 15.9. The molecule has 8 heteroatoms. The highest BCUT2D eigenvalue weighted by Gasteiger charge is 2.20. The van der Waals surface area contributed by atoms with Gasteiger partial charge >= 0.3 is 5.97 Å². The fraction of sp³-hybridized carbons (Fsp3) is 0. The standard InChI is InChI=1S/C14H7F2N3O3/c15-9-4-3-7(6-10(9)16)11-13(18-22)19-5-1-2-8(14(20)21)12(19)17-11/h1-6H,(H,20,21). The number of halogens is 2. The van der Waals surface area contributed by atoms with Crippen molar-refractivity contribution in [2.75, 3.05) is 0 Å². The molecule has 0 saturated heterocycles. The number of aromatic nitrogens is 2. The summed E-state index contributed by atoms with van der Waals surface area (Å²) in [5.41, 5.74) is -0.0540. The summed E-state index contributed by atoms with van der Waals surface area (Å²) in [6.07, 6.45) is 1.41. The zero-order valence-corrected chi connectivity index (χ0v) is 10.8. The molecule has 110 valence electrons. The van der Waals surface area contributed by atoms with Gasteiger partial charge in [0, 0.05) is 11.8 Å². The second-order valence-electron chi connectivity index (χ2n) is 4.42. The van der Waals surface area contributed by atoms with Gasteiger partial charge in [0.1, 0.15) is 11.3 Å². The fourth-order valence-corrected chi connectivity index (χ4v) is 2.15. The van der Waals surface area contributed by atoms with Crippen molar-refractivity contribution in [2.24, 2.45) is 5.18 Å². The first kappa shape index (κ1) is 13.8. The third kappa shape index (κ3) is 2.01. The monoisotopic (exact) mass is 303 g/mol. The fourth-order valence-electron chi connectivity index (χ4n) is 2.15. The normalized spacial score (nSPS) is 10.8. The molecule has 1 N–H and O–H groups in total. The van der Waals surface area contributed by atoms with Gasteiger partial charge in [-0.05, 0) is 35.5 Å². The van der Waals surface area contributed by atoms with Crippen molar-refractivity contribution in [1.29, 1.82) is 0 Å². The molecular weight excluding hydrogens is 296 g/mol. The Morgan fingerprint density at radius 3 is 2.64 bits per heavy atom. The van der Waals surface area contributed by atoms with E-state index in [-0.39, 0.29) is 28.3 Å². The van der Waals surface area contributed by atoms with Crippen LogP contribution in [0.3, 0.4) is 0 Å². The van der Waals surface area contributed by atoms with Crippen LogP contribution in [0, 0.1) is 16.5 Å². The average Bonchev–Trinajstić information content (AvgIpc) is 2.88. The van der Waals surface area contributed by atoms with Gasteiger partial charge in [0.05, 0.1) is 0 Å². The smallest absolute Gasteiger partial charge is 0.339 e. The second kappa shape index (κ2) is 4.99. The molecule has 0 fully saturated rings. The van der Waals surface area contributed by atoms with Crippen molar-refractivity contribution < 1.29 is 18.7 Å². The van der Waals surface area contributed by atoms with E-state index in [1.807, 2.05) is 0 Å². The van der Waals surface area contributed by atoms with E-state index in [4.69, 9.17) is 5.11 Å². The molecule has 22 heavy (non-hydrogen) atoms. The Labute approximate surface area is 121 Å².